The molecular weight excluding hydrogens is 278 g/mol. The van der Waals surface area contributed by atoms with Crippen LogP contribution in [0, 0.1) is 11.6 Å². The first-order chi connectivity index (χ1) is 9.93. The van der Waals surface area contributed by atoms with Crippen molar-refractivity contribution in [2.24, 2.45) is 0 Å². The topological polar surface area (TPSA) is 49.4 Å². The van der Waals surface area contributed by atoms with Crippen LogP contribution in [0.15, 0.2) is 18.2 Å². The Balaban J connectivity index is 2.05. The molecule has 1 saturated carbocycles. The summed E-state index contributed by atoms with van der Waals surface area (Å²) in [6.45, 7) is 1.55. The molecule has 2 amide bonds. The van der Waals surface area contributed by atoms with Crippen molar-refractivity contribution >= 4 is 17.5 Å². The normalized spacial score (nSPS) is 24.5. The summed E-state index contributed by atoms with van der Waals surface area (Å²) in [5.41, 5.74) is -0.821. The first-order valence-corrected chi connectivity index (χ1v) is 7.05. The van der Waals surface area contributed by atoms with Crippen LogP contribution in [0.2, 0.25) is 0 Å². The van der Waals surface area contributed by atoms with E-state index in [1.807, 2.05) is 0 Å². The zero-order valence-electron chi connectivity index (χ0n) is 11.7. The second-order valence-electron chi connectivity index (χ2n) is 5.76. The summed E-state index contributed by atoms with van der Waals surface area (Å²) in [7, 11) is 0. The van der Waals surface area contributed by atoms with Crippen LogP contribution in [0.4, 0.5) is 14.5 Å². The summed E-state index contributed by atoms with van der Waals surface area (Å²) in [6, 6.07) is 2.12. The van der Waals surface area contributed by atoms with Crippen molar-refractivity contribution in [3.05, 3.63) is 29.8 Å². The molecule has 2 aliphatic rings. The summed E-state index contributed by atoms with van der Waals surface area (Å²) in [6.07, 6.45) is 2.84. The van der Waals surface area contributed by atoms with Gasteiger partial charge in [0.05, 0.1) is 5.69 Å². The van der Waals surface area contributed by atoms with Gasteiger partial charge in [-0.1, -0.05) is 12.8 Å². The number of hydrogen-bond donors (Lipinski definition) is 1. The van der Waals surface area contributed by atoms with E-state index in [0.717, 1.165) is 31.0 Å². The second-order valence-corrected chi connectivity index (χ2v) is 5.76. The molecule has 21 heavy (non-hydrogen) atoms. The number of rotatable bonds is 1. The fourth-order valence-corrected chi connectivity index (χ4v) is 3.25. The highest BCUT2D eigenvalue weighted by atomic mass is 19.1. The zero-order valence-corrected chi connectivity index (χ0v) is 11.7. The van der Waals surface area contributed by atoms with Gasteiger partial charge in [-0.15, -0.1) is 0 Å². The largest absolute Gasteiger partial charge is 0.340 e. The van der Waals surface area contributed by atoms with E-state index >= 15 is 0 Å². The Bertz CT molecular complexity index is 591. The highest BCUT2D eigenvalue weighted by molar-refractivity contribution is 6.10. The first-order valence-electron chi connectivity index (χ1n) is 7.05. The summed E-state index contributed by atoms with van der Waals surface area (Å²) in [5, 5.41) is 2.80. The monoisotopic (exact) mass is 294 g/mol. The van der Waals surface area contributed by atoms with Crippen LogP contribution in [-0.2, 0) is 9.59 Å². The quantitative estimate of drug-likeness (QED) is 0.862. The third-order valence-electron chi connectivity index (χ3n) is 4.34. The van der Waals surface area contributed by atoms with E-state index in [0.29, 0.717) is 12.8 Å². The van der Waals surface area contributed by atoms with E-state index in [4.69, 9.17) is 0 Å². The van der Waals surface area contributed by atoms with Crippen molar-refractivity contribution < 1.29 is 18.4 Å². The van der Waals surface area contributed by atoms with Gasteiger partial charge >= 0.3 is 0 Å². The molecule has 112 valence electrons. The Kier molecular flexibility index (Phi) is 3.19. The average Bonchev–Trinajstić information content (AvgIpc) is 2.85. The zero-order chi connectivity index (χ0) is 15.2. The third-order valence-corrected chi connectivity index (χ3v) is 4.34. The fraction of sp³-hybridized carbons (Fsp3) is 0.467. The Morgan fingerprint density at radius 2 is 1.71 bits per heavy atom. The maximum atomic E-state index is 13.4. The maximum Gasteiger partial charge on any atom is 0.253 e. The van der Waals surface area contributed by atoms with E-state index in [9.17, 15) is 18.4 Å². The molecule has 1 heterocycles. The molecule has 1 unspecified atom stereocenters. The lowest BCUT2D eigenvalue weighted by Gasteiger charge is -2.43. The molecule has 1 aromatic carbocycles. The molecule has 0 aromatic heterocycles. The minimum absolute atomic E-state index is 0.0890. The van der Waals surface area contributed by atoms with Crippen LogP contribution >= 0.6 is 0 Å². The van der Waals surface area contributed by atoms with Crippen molar-refractivity contribution in [2.45, 2.75) is 44.2 Å². The van der Waals surface area contributed by atoms with E-state index in [-0.39, 0.29) is 17.5 Å². The van der Waals surface area contributed by atoms with Gasteiger partial charge < -0.3 is 5.32 Å². The highest BCUT2D eigenvalue weighted by Crippen LogP contribution is 2.36. The minimum atomic E-state index is -0.910. The van der Waals surface area contributed by atoms with Crippen LogP contribution in [0.25, 0.3) is 0 Å². The average molecular weight is 294 g/mol. The molecule has 1 saturated heterocycles. The Morgan fingerprint density at radius 1 is 1.14 bits per heavy atom. The van der Waals surface area contributed by atoms with Crippen molar-refractivity contribution in [3.63, 3.8) is 0 Å². The van der Waals surface area contributed by atoms with Gasteiger partial charge in [0.2, 0.25) is 5.91 Å². The van der Waals surface area contributed by atoms with Crippen molar-refractivity contribution in [3.8, 4) is 0 Å². The van der Waals surface area contributed by atoms with Crippen molar-refractivity contribution in [2.75, 3.05) is 4.90 Å². The number of hydrogen-bond acceptors (Lipinski definition) is 2. The Labute approximate surface area is 121 Å². The molecule has 6 heteroatoms. The number of anilines is 1. The summed E-state index contributed by atoms with van der Waals surface area (Å²) >= 11 is 0. The number of carbonyl (C=O) groups excluding carboxylic acids is 2. The lowest BCUT2D eigenvalue weighted by molar-refractivity contribution is -0.137. The molecule has 4 nitrogen and oxygen atoms in total. The van der Waals surface area contributed by atoms with E-state index in [1.165, 1.54) is 4.90 Å². The van der Waals surface area contributed by atoms with Gasteiger partial charge in [-0.3, -0.25) is 14.5 Å². The Morgan fingerprint density at radius 3 is 2.29 bits per heavy atom. The molecular formula is C15H16F2N2O2. The summed E-state index contributed by atoms with van der Waals surface area (Å²) in [4.78, 5) is 26.2. The van der Waals surface area contributed by atoms with E-state index in [2.05, 4.69) is 5.32 Å². The van der Waals surface area contributed by atoms with Gasteiger partial charge in [0.1, 0.15) is 23.2 Å². The third kappa shape index (κ3) is 2.18. The predicted molar refractivity (Wildman–Crippen MR) is 72.6 cm³/mol. The maximum absolute atomic E-state index is 13.4. The number of nitrogens with zero attached hydrogens (tertiary/aromatic N) is 1. The Hall–Kier alpha value is -1.98. The number of nitrogens with one attached hydrogen (secondary N) is 1. The lowest BCUT2D eigenvalue weighted by atomic mass is 9.90. The van der Waals surface area contributed by atoms with Crippen LogP contribution in [0.5, 0.6) is 0 Å². The van der Waals surface area contributed by atoms with E-state index in [1.54, 1.807) is 6.92 Å². The number of amides is 2. The molecule has 2 fully saturated rings. The first kappa shape index (κ1) is 14.0. The molecule has 1 aromatic rings. The molecule has 3 rings (SSSR count). The van der Waals surface area contributed by atoms with Crippen molar-refractivity contribution in [1.29, 1.82) is 0 Å². The van der Waals surface area contributed by atoms with Gasteiger partial charge in [-0.05, 0) is 31.9 Å². The molecule has 1 spiro atoms. The molecule has 1 atom stereocenters. The number of carbonyl (C=O) groups is 2. The second kappa shape index (κ2) is 4.79. The molecule has 1 N–H and O–H groups in total. The van der Waals surface area contributed by atoms with Gasteiger partial charge in [0.15, 0.2) is 0 Å². The number of piperazine rings is 1. The lowest BCUT2D eigenvalue weighted by Crippen LogP contribution is -2.69. The fourth-order valence-electron chi connectivity index (χ4n) is 3.25. The summed E-state index contributed by atoms with van der Waals surface area (Å²) in [5.74, 6) is -2.11. The molecule has 1 aliphatic heterocycles. The van der Waals surface area contributed by atoms with Crippen LogP contribution in [0.3, 0.4) is 0 Å². The highest BCUT2D eigenvalue weighted by Gasteiger charge is 2.51. The smallest absolute Gasteiger partial charge is 0.253 e. The van der Waals surface area contributed by atoms with Gasteiger partial charge in [0, 0.05) is 6.07 Å². The predicted octanol–water partition coefficient (Wildman–Crippen LogP) is 2.13. The molecule has 0 radical (unpaired) electrons. The van der Waals surface area contributed by atoms with Crippen LogP contribution in [-0.4, -0.2) is 23.4 Å². The SMILES string of the molecule is CC1C(=O)NC2(CCCC2)C(=O)N1c1cc(F)cc(F)c1. The standard InChI is InChI=1S/C15H16F2N2O2/c1-9-13(20)18-15(4-2-3-5-15)14(21)19(9)12-7-10(16)6-11(17)8-12/h6-9H,2-5H2,1H3,(H,18,20). The van der Waals surface area contributed by atoms with Crippen molar-refractivity contribution in [1.82, 2.24) is 5.32 Å². The molecule has 0 bridgehead atoms. The van der Waals surface area contributed by atoms with Gasteiger partial charge in [0.25, 0.3) is 5.91 Å². The van der Waals surface area contributed by atoms with E-state index < -0.39 is 23.2 Å². The summed E-state index contributed by atoms with van der Waals surface area (Å²) < 4.78 is 26.8. The van der Waals surface area contributed by atoms with Crippen LogP contribution < -0.4 is 10.2 Å². The minimum Gasteiger partial charge on any atom is -0.340 e. The number of benzene rings is 1. The van der Waals surface area contributed by atoms with Gasteiger partial charge in [-0.25, -0.2) is 8.78 Å². The van der Waals surface area contributed by atoms with Crippen LogP contribution in [0.1, 0.15) is 32.6 Å². The van der Waals surface area contributed by atoms with Gasteiger partial charge in [-0.2, -0.15) is 0 Å². The number of halogens is 2. The molecule has 1 aliphatic carbocycles.